The van der Waals surface area contributed by atoms with E-state index in [1.165, 1.54) is 6.21 Å². The van der Waals surface area contributed by atoms with Gasteiger partial charge in [0.15, 0.2) is 0 Å². The van der Waals surface area contributed by atoms with Crippen molar-refractivity contribution in [1.82, 2.24) is 5.43 Å². The summed E-state index contributed by atoms with van der Waals surface area (Å²) in [7, 11) is 0. The normalized spacial score (nSPS) is 10.7. The van der Waals surface area contributed by atoms with Crippen LogP contribution < -0.4 is 14.9 Å². The Morgan fingerprint density at radius 2 is 1.53 bits per heavy atom. The van der Waals surface area contributed by atoms with Gasteiger partial charge in [0.1, 0.15) is 18.1 Å². The molecule has 0 aliphatic rings. The van der Waals surface area contributed by atoms with Crippen LogP contribution in [0.4, 0.5) is 0 Å². The number of nitrogens with zero attached hydrogens (tertiary/aromatic N) is 1. The average Bonchev–Trinajstić information content (AvgIpc) is 2.89. The molecule has 0 fully saturated rings. The molecule has 4 rings (SSSR count). The molecule has 6 nitrogen and oxygen atoms in total. The molecular weight excluding hydrogens is 499 g/mol. The highest BCUT2D eigenvalue weighted by Crippen LogP contribution is 2.20. The van der Waals surface area contributed by atoms with Crippen LogP contribution in [0.15, 0.2) is 102 Å². The van der Waals surface area contributed by atoms with Gasteiger partial charge < -0.3 is 9.47 Å². The molecule has 0 aromatic heterocycles. The Hall–Kier alpha value is -4.13. The molecule has 8 heteroatoms. The van der Waals surface area contributed by atoms with Gasteiger partial charge in [-0.1, -0.05) is 59.6 Å². The first kappa shape index (κ1) is 25.0. The quantitative estimate of drug-likeness (QED) is 0.124. The predicted molar refractivity (Wildman–Crippen MR) is 140 cm³/mol. The fraction of sp³-hybridized carbons (Fsp3) is 0.0357. The number of amides is 1. The number of para-hydroxylation sites is 1. The van der Waals surface area contributed by atoms with E-state index >= 15 is 0 Å². The maximum Gasteiger partial charge on any atom is 0.343 e. The second kappa shape index (κ2) is 12.0. The summed E-state index contributed by atoms with van der Waals surface area (Å²) in [5.74, 6) is -0.171. The van der Waals surface area contributed by atoms with E-state index in [9.17, 15) is 9.59 Å². The van der Waals surface area contributed by atoms with Gasteiger partial charge in [-0.3, -0.25) is 4.79 Å². The number of halogens is 2. The Labute approximate surface area is 218 Å². The molecule has 36 heavy (non-hydrogen) atoms. The number of hydrazone groups is 1. The van der Waals surface area contributed by atoms with Crippen molar-refractivity contribution in [3.05, 3.63) is 129 Å². The Balaban J connectivity index is 1.36. The summed E-state index contributed by atoms with van der Waals surface area (Å²) in [6.07, 6.45) is 1.45. The lowest BCUT2D eigenvalue weighted by Gasteiger charge is -2.10. The molecule has 1 amide bonds. The highest BCUT2D eigenvalue weighted by atomic mass is 35.5. The van der Waals surface area contributed by atoms with Crippen LogP contribution in [0.3, 0.4) is 0 Å². The van der Waals surface area contributed by atoms with Gasteiger partial charge in [0, 0.05) is 10.0 Å². The standard InChI is InChI=1S/C28H20Cl2N2O4/c29-22-12-8-19(9-13-22)18-35-26-7-2-1-6-25(26)27(33)32-31-17-20-4-3-5-24(16-20)36-28(34)21-10-14-23(30)15-11-21/h1-17H,18H2,(H,32,33)/b31-17+. The summed E-state index contributed by atoms with van der Waals surface area (Å²) < 4.78 is 11.2. The van der Waals surface area contributed by atoms with E-state index < -0.39 is 11.9 Å². The summed E-state index contributed by atoms with van der Waals surface area (Å²) in [5.41, 5.74) is 4.77. The maximum absolute atomic E-state index is 12.7. The van der Waals surface area contributed by atoms with Crippen LogP contribution in [0.5, 0.6) is 11.5 Å². The molecule has 0 spiro atoms. The van der Waals surface area contributed by atoms with Gasteiger partial charge in [0.25, 0.3) is 5.91 Å². The topological polar surface area (TPSA) is 77.0 Å². The number of hydrogen-bond acceptors (Lipinski definition) is 5. The van der Waals surface area contributed by atoms with Crippen molar-refractivity contribution >= 4 is 41.3 Å². The minimum atomic E-state index is -0.510. The lowest BCUT2D eigenvalue weighted by Crippen LogP contribution is -2.18. The summed E-state index contributed by atoms with van der Waals surface area (Å²) in [6, 6.07) is 27.3. The van der Waals surface area contributed by atoms with Crippen LogP contribution in [-0.4, -0.2) is 18.1 Å². The van der Waals surface area contributed by atoms with Crippen molar-refractivity contribution < 1.29 is 19.1 Å². The fourth-order valence-corrected chi connectivity index (χ4v) is 3.41. The summed E-state index contributed by atoms with van der Waals surface area (Å²) in [6.45, 7) is 0.284. The van der Waals surface area contributed by atoms with Gasteiger partial charge >= 0.3 is 5.97 Å². The number of nitrogens with one attached hydrogen (secondary N) is 1. The van der Waals surface area contributed by atoms with Crippen molar-refractivity contribution in [3.8, 4) is 11.5 Å². The smallest absolute Gasteiger partial charge is 0.343 e. The summed E-state index contributed by atoms with van der Waals surface area (Å²) >= 11 is 11.8. The lowest BCUT2D eigenvalue weighted by molar-refractivity contribution is 0.0734. The molecule has 0 atom stereocenters. The van der Waals surface area contributed by atoms with Gasteiger partial charge in [0.2, 0.25) is 0 Å². The minimum absolute atomic E-state index is 0.284. The number of carbonyl (C=O) groups excluding carboxylic acids is 2. The fourth-order valence-electron chi connectivity index (χ4n) is 3.16. The second-order valence-electron chi connectivity index (χ2n) is 7.58. The average molecular weight is 519 g/mol. The molecule has 0 saturated carbocycles. The molecule has 0 bridgehead atoms. The van der Waals surface area contributed by atoms with Crippen LogP contribution in [0, 0.1) is 0 Å². The zero-order valence-electron chi connectivity index (χ0n) is 18.9. The van der Waals surface area contributed by atoms with Gasteiger partial charge in [-0.15, -0.1) is 0 Å². The first-order valence-electron chi connectivity index (χ1n) is 10.9. The Bertz CT molecular complexity index is 1390. The third-order valence-electron chi connectivity index (χ3n) is 4.97. The molecule has 180 valence electrons. The van der Waals surface area contributed by atoms with Crippen molar-refractivity contribution in [3.63, 3.8) is 0 Å². The number of benzene rings is 4. The van der Waals surface area contributed by atoms with Crippen molar-refractivity contribution in [2.75, 3.05) is 0 Å². The summed E-state index contributed by atoms with van der Waals surface area (Å²) in [5, 5.41) is 5.20. The monoisotopic (exact) mass is 518 g/mol. The van der Waals surface area contributed by atoms with Crippen LogP contribution in [0.1, 0.15) is 31.8 Å². The Morgan fingerprint density at radius 3 is 2.28 bits per heavy atom. The Kier molecular flexibility index (Phi) is 8.34. The van der Waals surface area contributed by atoms with E-state index in [2.05, 4.69) is 10.5 Å². The maximum atomic E-state index is 12.7. The highest BCUT2D eigenvalue weighted by molar-refractivity contribution is 6.30. The SMILES string of the molecule is O=C(Oc1cccc(/C=N/NC(=O)c2ccccc2OCc2ccc(Cl)cc2)c1)c1ccc(Cl)cc1. The van der Waals surface area contributed by atoms with Gasteiger partial charge in [-0.25, -0.2) is 10.2 Å². The third kappa shape index (κ3) is 6.95. The first-order valence-corrected chi connectivity index (χ1v) is 11.6. The number of rotatable bonds is 8. The molecule has 0 aliphatic carbocycles. The Morgan fingerprint density at radius 1 is 0.833 bits per heavy atom. The number of hydrogen-bond donors (Lipinski definition) is 1. The molecule has 0 saturated heterocycles. The van der Waals surface area contributed by atoms with E-state index in [1.807, 2.05) is 12.1 Å². The van der Waals surface area contributed by atoms with Crippen LogP contribution >= 0.6 is 23.2 Å². The minimum Gasteiger partial charge on any atom is -0.488 e. The first-order chi connectivity index (χ1) is 17.5. The molecule has 0 aliphatic heterocycles. The molecule has 0 heterocycles. The zero-order valence-corrected chi connectivity index (χ0v) is 20.4. The van der Waals surface area contributed by atoms with Gasteiger partial charge in [0.05, 0.1) is 17.3 Å². The largest absolute Gasteiger partial charge is 0.488 e. The van der Waals surface area contributed by atoms with E-state index in [4.69, 9.17) is 32.7 Å². The third-order valence-corrected chi connectivity index (χ3v) is 5.47. The van der Waals surface area contributed by atoms with Gasteiger partial charge in [-0.05, 0) is 71.8 Å². The van der Waals surface area contributed by atoms with Crippen molar-refractivity contribution in [2.45, 2.75) is 6.61 Å². The molecule has 4 aromatic carbocycles. The van der Waals surface area contributed by atoms with Crippen LogP contribution in [0.2, 0.25) is 10.0 Å². The molecule has 1 N–H and O–H groups in total. The molecule has 0 unspecified atom stereocenters. The van der Waals surface area contributed by atoms with Crippen molar-refractivity contribution in [1.29, 1.82) is 0 Å². The number of ether oxygens (including phenoxy) is 2. The second-order valence-corrected chi connectivity index (χ2v) is 8.45. The van der Waals surface area contributed by atoms with Crippen LogP contribution in [0.25, 0.3) is 0 Å². The summed E-state index contributed by atoms with van der Waals surface area (Å²) in [4.78, 5) is 25.0. The lowest BCUT2D eigenvalue weighted by atomic mass is 10.2. The van der Waals surface area contributed by atoms with Gasteiger partial charge in [-0.2, -0.15) is 5.10 Å². The molecule has 4 aromatic rings. The molecular formula is C28H20Cl2N2O4. The highest BCUT2D eigenvalue weighted by Gasteiger charge is 2.12. The van der Waals surface area contributed by atoms with E-state index in [0.717, 1.165) is 5.56 Å². The number of esters is 1. The van der Waals surface area contributed by atoms with E-state index in [1.54, 1.807) is 84.9 Å². The van der Waals surface area contributed by atoms with Crippen LogP contribution in [-0.2, 0) is 6.61 Å². The van der Waals surface area contributed by atoms with Crippen molar-refractivity contribution in [2.24, 2.45) is 5.10 Å². The van der Waals surface area contributed by atoms with E-state index in [0.29, 0.717) is 38.2 Å². The van der Waals surface area contributed by atoms with E-state index in [-0.39, 0.29) is 6.61 Å². The predicted octanol–water partition coefficient (Wildman–Crippen LogP) is 6.56. The zero-order chi connectivity index (χ0) is 25.3. The number of carbonyl (C=O) groups is 2. The molecule has 0 radical (unpaired) electrons.